The summed E-state index contributed by atoms with van der Waals surface area (Å²) in [5, 5.41) is 6.00. The van der Waals surface area contributed by atoms with Gasteiger partial charge in [0.25, 0.3) is 0 Å². The monoisotopic (exact) mass is 210 g/mol. The zero-order chi connectivity index (χ0) is 10.8. The Balaban J connectivity index is 1.99. The van der Waals surface area contributed by atoms with Gasteiger partial charge in [-0.15, -0.1) is 0 Å². The number of fused-ring (bicyclic) bond motifs is 1. The summed E-state index contributed by atoms with van der Waals surface area (Å²) in [6.45, 7) is 0.898. The first-order valence-corrected chi connectivity index (χ1v) is 5.65. The first-order chi connectivity index (χ1) is 7.93. The van der Waals surface area contributed by atoms with Crippen LogP contribution in [0.25, 0.3) is 10.8 Å². The third-order valence-corrected chi connectivity index (χ3v) is 3.02. The molecule has 0 aliphatic carbocycles. The fraction of sp³-hybridized carbons (Fsp3) is 0.214. The molecule has 0 amide bonds. The molecule has 1 heterocycles. The van der Waals surface area contributed by atoms with Gasteiger partial charge in [0, 0.05) is 19.2 Å². The van der Waals surface area contributed by atoms with Crippen molar-refractivity contribution in [3.8, 4) is 0 Å². The summed E-state index contributed by atoms with van der Waals surface area (Å²) < 4.78 is 0. The average Bonchev–Trinajstić information content (AvgIpc) is 2.82. The molecule has 0 unspecified atom stereocenters. The van der Waals surface area contributed by atoms with Crippen LogP contribution in [0, 0.1) is 0 Å². The van der Waals surface area contributed by atoms with Crippen LogP contribution >= 0.6 is 0 Å². The Bertz CT molecular complexity index is 526. The van der Waals surface area contributed by atoms with Crippen LogP contribution in [0.4, 0.5) is 0 Å². The van der Waals surface area contributed by atoms with Crippen LogP contribution < -0.4 is 5.32 Å². The van der Waals surface area contributed by atoms with Crippen molar-refractivity contribution in [3.63, 3.8) is 0 Å². The highest BCUT2D eigenvalue weighted by Gasteiger charge is 2.11. The highest BCUT2D eigenvalue weighted by Crippen LogP contribution is 2.20. The van der Waals surface area contributed by atoms with E-state index < -0.39 is 0 Å². The van der Waals surface area contributed by atoms with Crippen LogP contribution in [0.3, 0.4) is 0 Å². The van der Waals surface area contributed by atoms with E-state index >= 15 is 0 Å². The van der Waals surface area contributed by atoms with E-state index in [1.165, 1.54) is 16.3 Å². The number of hydrogen-bond acceptors (Lipinski definition) is 2. The van der Waals surface area contributed by atoms with Gasteiger partial charge in [-0.25, -0.2) is 0 Å². The van der Waals surface area contributed by atoms with E-state index in [1.54, 1.807) is 0 Å². The van der Waals surface area contributed by atoms with E-state index in [1.807, 2.05) is 6.21 Å². The smallest absolute Gasteiger partial charge is 0.103 e. The lowest BCUT2D eigenvalue weighted by Crippen LogP contribution is -2.24. The molecule has 0 fully saturated rings. The lowest BCUT2D eigenvalue weighted by atomic mass is 10.0. The van der Waals surface area contributed by atoms with Crippen LogP contribution in [-0.2, 0) is 6.42 Å². The molecule has 0 spiro atoms. The summed E-state index contributed by atoms with van der Waals surface area (Å²) in [7, 11) is 0. The quantitative estimate of drug-likeness (QED) is 0.808. The van der Waals surface area contributed by atoms with Crippen LogP contribution in [-0.4, -0.2) is 18.9 Å². The van der Waals surface area contributed by atoms with Crippen molar-refractivity contribution >= 4 is 17.0 Å². The molecule has 1 aliphatic rings. The van der Waals surface area contributed by atoms with Crippen molar-refractivity contribution in [1.82, 2.24) is 5.32 Å². The minimum absolute atomic E-state index is 0.255. The molecule has 0 bridgehead atoms. The van der Waals surface area contributed by atoms with E-state index in [2.05, 4.69) is 52.8 Å². The Morgan fingerprint density at radius 3 is 2.88 bits per heavy atom. The molecule has 1 atom stereocenters. The normalized spacial score (nSPS) is 19.4. The van der Waals surface area contributed by atoms with Gasteiger partial charge in [0.15, 0.2) is 0 Å². The molecule has 2 heteroatoms. The Kier molecular flexibility index (Phi) is 2.43. The second-order valence-electron chi connectivity index (χ2n) is 4.10. The molecular formula is C14H14N2. The molecule has 2 aromatic carbocycles. The highest BCUT2D eigenvalue weighted by molar-refractivity contribution is 5.85. The molecule has 1 N–H and O–H groups in total. The first kappa shape index (κ1) is 9.55. The van der Waals surface area contributed by atoms with Crippen LogP contribution in [0.15, 0.2) is 47.5 Å². The third-order valence-electron chi connectivity index (χ3n) is 3.02. The number of rotatable bonds is 2. The molecule has 0 radical (unpaired) electrons. The molecule has 0 saturated heterocycles. The van der Waals surface area contributed by atoms with Crippen molar-refractivity contribution in [1.29, 1.82) is 0 Å². The largest absolute Gasteiger partial charge is 0.290 e. The summed E-state index contributed by atoms with van der Waals surface area (Å²) in [5.74, 6) is 0. The third kappa shape index (κ3) is 1.72. The molecule has 1 aliphatic heterocycles. The molecule has 0 saturated carbocycles. The van der Waals surface area contributed by atoms with Crippen molar-refractivity contribution in [2.45, 2.75) is 12.6 Å². The van der Waals surface area contributed by atoms with Gasteiger partial charge in [-0.2, -0.15) is 0 Å². The van der Waals surface area contributed by atoms with Crippen molar-refractivity contribution in [3.05, 3.63) is 48.0 Å². The van der Waals surface area contributed by atoms with Crippen LogP contribution in [0.2, 0.25) is 0 Å². The number of benzene rings is 2. The van der Waals surface area contributed by atoms with E-state index in [4.69, 9.17) is 0 Å². The Labute approximate surface area is 95.0 Å². The Morgan fingerprint density at radius 2 is 2.00 bits per heavy atom. The van der Waals surface area contributed by atoms with Gasteiger partial charge in [-0.1, -0.05) is 42.5 Å². The van der Waals surface area contributed by atoms with Crippen molar-refractivity contribution in [2.24, 2.45) is 4.99 Å². The molecule has 16 heavy (non-hydrogen) atoms. The minimum atomic E-state index is 0.255. The molecule has 2 aromatic rings. The molecule has 80 valence electrons. The van der Waals surface area contributed by atoms with Crippen molar-refractivity contribution in [2.75, 3.05) is 6.54 Å². The highest BCUT2D eigenvalue weighted by atomic mass is 15.1. The SMILES string of the molecule is C1=N[C@H](Cc2cccc3ccccc23)NC1. The zero-order valence-electron chi connectivity index (χ0n) is 9.06. The van der Waals surface area contributed by atoms with Gasteiger partial charge in [0.1, 0.15) is 6.17 Å². The lowest BCUT2D eigenvalue weighted by molar-refractivity contribution is 0.603. The maximum absolute atomic E-state index is 4.40. The van der Waals surface area contributed by atoms with E-state index in [0.29, 0.717) is 0 Å². The first-order valence-electron chi connectivity index (χ1n) is 5.65. The predicted molar refractivity (Wildman–Crippen MR) is 67.9 cm³/mol. The molecule has 0 aromatic heterocycles. The molecular weight excluding hydrogens is 196 g/mol. The number of aliphatic imine (C=N–C) groups is 1. The summed E-state index contributed by atoms with van der Waals surface area (Å²) in [6.07, 6.45) is 3.18. The van der Waals surface area contributed by atoms with Crippen LogP contribution in [0.1, 0.15) is 5.56 Å². The topological polar surface area (TPSA) is 24.4 Å². The van der Waals surface area contributed by atoms with Gasteiger partial charge < -0.3 is 0 Å². The van der Waals surface area contributed by atoms with Gasteiger partial charge in [0.2, 0.25) is 0 Å². The maximum Gasteiger partial charge on any atom is 0.103 e. The lowest BCUT2D eigenvalue weighted by Gasteiger charge is -2.10. The van der Waals surface area contributed by atoms with E-state index in [0.717, 1.165) is 13.0 Å². The Hall–Kier alpha value is -1.67. The second kappa shape index (κ2) is 4.06. The second-order valence-corrected chi connectivity index (χ2v) is 4.10. The van der Waals surface area contributed by atoms with Gasteiger partial charge >= 0.3 is 0 Å². The summed E-state index contributed by atoms with van der Waals surface area (Å²) in [5.41, 5.74) is 1.37. The fourth-order valence-corrected chi connectivity index (χ4v) is 2.23. The fourth-order valence-electron chi connectivity index (χ4n) is 2.23. The Morgan fingerprint density at radius 1 is 1.12 bits per heavy atom. The summed E-state index contributed by atoms with van der Waals surface area (Å²) in [6, 6.07) is 15.0. The number of nitrogens with one attached hydrogen (secondary N) is 1. The number of nitrogens with zero attached hydrogens (tertiary/aromatic N) is 1. The van der Waals surface area contributed by atoms with Gasteiger partial charge in [-0.3, -0.25) is 10.3 Å². The van der Waals surface area contributed by atoms with E-state index in [9.17, 15) is 0 Å². The maximum atomic E-state index is 4.40. The van der Waals surface area contributed by atoms with Crippen LogP contribution in [0.5, 0.6) is 0 Å². The summed E-state index contributed by atoms with van der Waals surface area (Å²) >= 11 is 0. The average molecular weight is 210 g/mol. The van der Waals surface area contributed by atoms with Crippen molar-refractivity contribution < 1.29 is 0 Å². The van der Waals surface area contributed by atoms with Gasteiger partial charge in [0.05, 0.1) is 0 Å². The summed E-state index contributed by atoms with van der Waals surface area (Å²) in [4.78, 5) is 4.40. The zero-order valence-corrected chi connectivity index (χ0v) is 9.06. The molecule has 3 rings (SSSR count). The van der Waals surface area contributed by atoms with E-state index in [-0.39, 0.29) is 6.17 Å². The standard InChI is InChI=1S/C14H14N2/c1-2-7-13-11(4-1)5-3-6-12(13)10-14-15-8-9-16-14/h1-8,14,16H,9-10H2/t14-/m0/s1. The van der Waals surface area contributed by atoms with Gasteiger partial charge in [-0.05, 0) is 16.3 Å². The predicted octanol–water partition coefficient (Wildman–Crippen LogP) is 2.38. The molecule has 2 nitrogen and oxygen atoms in total. The number of hydrogen-bond donors (Lipinski definition) is 1. The minimum Gasteiger partial charge on any atom is -0.290 e.